The first kappa shape index (κ1) is 16.5. The molecule has 0 atom stereocenters. The summed E-state index contributed by atoms with van der Waals surface area (Å²) in [5.41, 5.74) is 0. The Hall–Kier alpha value is 2.10. The fourth-order valence-electron chi connectivity index (χ4n) is 0. The van der Waals surface area contributed by atoms with Crippen LogP contribution in [0.15, 0.2) is 0 Å². The molecular formula is H2CaCuFeO. The minimum absolute atomic E-state index is 0. The standard InChI is InChI=1S/Ca.Cu.Fe.O.2H. The fourth-order valence-corrected chi connectivity index (χ4v) is 0. The Labute approximate surface area is 73.4 Å². The van der Waals surface area contributed by atoms with Crippen molar-refractivity contribution in [1.82, 2.24) is 0 Å². The SMILES string of the molecule is [CaH2].[Cu].[O]=[Fe]. The van der Waals surface area contributed by atoms with E-state index in [2.05, 4.69) is 0 Å². The first-order chi connectivity index (χ1) is 1.00. The van der Waals surface area contributed by atoms with Crippen LogP contribution in [0.2, 0.25) is 0 Å². The summed E-state index contributed by atoms with van der Waals surface area (Å²) in [5, 5.41) is 0. The molecule has 0 aliphatic heterocycles. The quantitative estimate of drug-likeness (QED) is 0.432. The van der Waals surface area contributed by atoms with Crippen LogP contribution in [0.25, 0.3) is 0 Å². The van der Waals surface area contributed by atoms with Gasteiger partial charge >= 0.3 is 57.5 Å². The van der Waals surface area contributed by atoms with Crippen LogP contribution in [0.5, 0.6) is 0 Å². The second-order valence-electron chi connectivity index (χ2n) is 0. The van der Waals surface area contributed by atoms with E-state index in [-0.39, 0.29) is 54.8 Å². The van der Waals surface area contributed by atoms with Gasteiger partial charge in [0.15, 0.2) is 0 Å². The predicted molar refractivity (Wildman–Crippen MR) is 9.23 cm³/mol. The van der Waals surface area contributed by atoms with Crippen molar-refractivity contribution in [3.8, 4) is 0 Å². The van der Waals surface area contributed by atoms with Crippen molar-refractivity contribution in [2.45, 2.75) is 0 Å². The van der Waals surface area contributed by atoms with Crippen LogP contribution in [-0.4, -0.2) is 37.7 Å². The van der Waals surface area contributed by atoms with E-state index in [1.165, 1.54) is 0 Å². The van der Waals surface area contributed by atoms with Crippen LogP contribution in [0.4, 0.5) is 0 Å². The van der Waals surface area contributed by atoms with Gasteiger partial charge in [-0.15, -0.1) is 0 Å². The summed E-state index contributed by atoms with van der Waals surface area (Å²) in [7, 11) is 0. The Morgan fingerprint density at radius 2 is 1.25 bits per heavy atom. The van der Waals surface area contributed by atoms with E-state index in [1.54, 1.807) is 0 Å². The molecule has 4 heavy (non-hydrogen) atoms. The maximum atomic E-state index is 8.00. The van der Waals surface area contributed by atoms with E-state index >= 15 is 0 Å². The molecule has 0 N–H and O–H groups in total. The van der Waals surface area contributed by atoms with Gasteiger partial charge in [-0.05, 0) is 0 Å². The van der Waals surface area contributed by atoms with E-state index in [9.17, 15) is 0 Å². The van der Waals surface area contributed by atoms with Crippen LogP contribution in [0.3, 0.4) is 0 Å². The number of hydrogen-bond acceptors (Lipinski definition) is 1. The van der Waals surface area contributed by atoms with Gasteiger partial charge in [-0.2, -0.15) is 0 Å². The van der Waals surface area contributed by atoms with Gasteiger partial charge in [0.2, 0.25) is 0 Å². The summed E-state index contributed by atoms with van der Waals surface area (Å²) in [6, 6.07) is 0. The van der Waals surface area contributed by atoms with E-state index in [4.69, 9.17) is 3.83 Å². The van der Waals surface area contributed by atoms with Gasteiger partial charge in [-0.25, -0.2) is 0 Å². The molecule has 0 aliphatic carbocycles. The summed E-state index contributed by atoms with van der Waals surface area (Å²) in [6.07, 6.45) is 0. The normalized spacial score (nSPS) is 1.25. The predicted octanol–water partition coefficient (Wildman–Crippen LogP) is -1.04. The molecule has 4 heteroatoms. The monoisotopic (exact) mass is 177 g/mol. The second-order valence-corrected chi connectivity index (χ2v) is 0. The number of rotatable bonds is 0. The van der Waals surface area contributed by atoms with Crippen LogP contribution < -0.4 is 0 Å². The average Bonchev–Trinajstić information content (AvgIpc) is 1.00. The molecule has 0 spiro atoms. The molecule has 0 heterocycles. The van der Waals surface area contributed by atoms with Crippen LogP contribution in [0.1, 0.15) is 0 Å². The molecule has 0 saturated heterocycles. The Kier molecular flexibility index (Phi) is 80.3. The molecule has 0 saturated carbocycles. The molecule has 0 aromatic rings. The van der Waals surface area contributed by atoms with E-state index in [1.807, 2.05) is 15.9 Å². The average molecular weight is 177 g/mol. The Balaban J connectivity index is -0.00000000500. The Morgan fingerprint density at radius 3 is 1.25 bits per heavy atom. The third kappa shape index (κ3) is 8.94. The minimum atomic E-state index is 0. The van der Waals surface area contributed by atoms with Crippen LogP contribution in [-0.2, 0) is 36.8 Å². The summed E-state index contributed by atoms with van der Waals surface area (Å²) in [5.74, 6) is 0. The topological polar surface area (TPSA) is 17.1 Å². The van der Waals surface area contributed by atoms with Crippen molar-refractivity contribution in [1.29, 1.82) is 0 Å². The molecule has 0 aliphatic rings. The summed E-state index contributed by atoms with van der Waals surface area (Å²) in [4.78, 5) is 0. The van der Waals surface area contributed by atoms with Crippen molar-refractivity contribution >= 4 is 37.7 Å². The van der Waals surface area contributed by atoms with Crippen molar-refractivity contribution in [3.05, 3.63) is 0 Å². The van der Waals surface area contributed by atoms with E-state index in [0.29, 0.717) is 0 Å². The molecule has 0 aromatic carbocycles. The zero-order valence-electron chi connectivity index (χ0n) is 1.06. The molecule has 0 unspecified atom stereocenters. The van der Waals surface area contributed by atoms with Crippen molar-refractivity contribution in [3.63, 3.8) is 0 Å². The Bertz CT molecular complexity index is 8.00. The second kappa shape index (κ2) is 19.4. The molecule has 29 valence electrons. The molecule has 0 fully saturated rings. The van der Waals surface area contributed by atoms with Gasteiger partial charge in [-0.1, -0.05) is 0 Å². The fraction of sp³-hybridized carbons (Fsp3) is 0. The van der Waals surface area contributed by atoms with E-state index in [0.717, 1.165) is 0 Å². The zero-order valence-corrected chi connectivity index (χ0v) is 3.11. The Morgan fingerprint density at radius 1 is 1.25 bits per heavy atom. The van der Waals surface area contributed by atoms with Gasteiger partial charge < -0.3 is 0 Å². The van der Waals surface area contributed by atoms with Gasteiger partial charge in [0.1, 0.15) is 0 Å². The molecule has 1 nitrogen and oxygen atoms in total. The first-order valence-electron chi connectivity index (χ1n) is 0.144. The molecule has 0 aromatic heterocycles. The zero-order chi connectivity index (χ0) is 2.00. The van der Waals surface area contributed by atoms with Crippen LogP contribution >= 0.6 is 0 Å². The molecule has 1 radical (unpaired) electrons. The maximum absolute atomic E-state index is 8.00. The summed E-state index contributed by atoms with van der Waals surface area (Å²) < 4.78 is 8.00. The molecule has 0 bridgehead atoms. The van der Waals surface area contributed by atoms with Crippen molar-refractivity contribution < 1.29 is 36.8 Å². The third-order valence-corrected chi connectivity index (χ3v) is 0. The van der Waals surface area contributed by atoms with Gasteiger partial charge in [-0.3, -0.25) is 0 Å². The van der Waals surface area contributed by atoms with E-state index < -0.39 is 0 Å². The van der Waals surface area contributed by atoms with Crippen LogP contribution in [0, 0.1) is 0 Å². The van der Waals surface area contributed by atoms with Crippen molar-refractivity contribution in [2.24, 2.45) is 0 Å². The van der Waals surface area contributed by atoms with Gasteiger partial charge in [0.05, 0.1) is 0 Å². The first-order valence-corrected chi connectivity index (χ1v) is 0.595. The summed E-state index contributed by atoms with van der Waals surface area (Å²) >= 11 is 2.00. The molecular weight excluding hydrogens is 175 g/mol. The molecule has 0 amide bonds. The van der Waals surface area contributed by atoms with Gasteiger partial charge in [0, 0.05) is 17.1 Å². The summed E-state index contributed by atoms with van der Waals surface area (Å²) in [6.45, 7) is 0. The van der Waals surface area contributed by atoms with Gasteiger partial charge in [0.25, 0.3) is 0 Å². The van der Waals surface area contributed by atoms with Crippen molar-refractivity contribution in [2.75, 3.05) is 0 Å². The molecule has 0 rings (SSSR count). The number of hydrogen-bond donors (Lipinski definition) is 0. The third-order valence-electron chi connectivity index (χ3n) is 0.